The smallest absolute Gasteiger partial charge is 0.340 e. The van der Waals surface area contributed by atoms with Crippen molar-refractivity contribution in [3.63, 3.8) is 0 Å². The molecule has 0 saturated heterocycles. The number of rotatable bonds is 4. The summed E-state index contributed by atoms with van der Waals surface area (Å²) in [6.07, 6.45) is -0.627. The fourth-order valence-electron chi connectivity index (χ4n) is 2.60. The number of cyclic esters (lactones) is 1. The quantitative estimate of drug-likeness (QED) is 0.738. The molecule has 1 unspecified atom stereocenters. The van der Waals surface area contributed by atoms with E-state index in [1.165, 1.54) is 0 Å². The minimum atomic E-state index is -0.627. The van der Waals surface area contributed by atoms with Crippen LogP contribution in [0.4, 0.5) is 5.82 Å². The molecule has 1 aromatic heterocycles. The molecule has 7 nitrogen and oxygen atoms in total. The lowest BCUT2D eigenvalue weighted by Crippen LogP contribution is -2.11. The molecule has 1 aliphatic rings. The lowest BCUT2D eigenvalue weighted by Gasteiger charge is -2.12. The summed E-state index contributed by atoms with van der Waals surface area (Å²) < 4.78 is 15.3. The number of ether oxygens (including phenoxy) is 2. The molecule has 0 spiro atoms. The van der Waals surface area contributed by atoms with Gasteiger partial charge < -0.3 is 14.8 Å². The summed E-state index contributed by atoms with van der Waals surface area (Å²) in [4.78, 5) is 11.9. The Morgan fingerprint density at radius 2 is 1.88 bits per heavy atom. The Labute approximate surface area is 137 Å². The van der Waals surface area contributed by atoms with E-state index in [1.807, 2.05) is 36.4 Å². The van der Waals surface area contributed by atoms with Crippen molar-refractivity contribution in [2.75, 3.05) is 12.4 Å². The molecule has 24 heavy (non-hydrogen) atoms. The lowest BCUT2D eigenvalue weighted by atomic mass is 10.1. The van der Waals surface area contributed by atoms with Crippen LogP contribution in [0.5, 0.6) is 5.75 Å². The molecule has 0 bridgehead atoms. The highest BCUT2D eigenvalue weighted by Gasteiger charge is 2.32. The highest BCUT2D eigenvalue weighted by Crippen LogP contribution is 2.34. The fraction of sp³-hybridized carbons (Fsp3) is 0.118. The van der Waals surface area contributed by atoms with E-state index in [1.54, 1.807) is 19.2 Å². The number of hydrogen-bond acceptors (Lipinski definition) is 7. The van der Waals surface area contributed by atoms with E-state index in [9.17, 15) is 4.79 Å². The Bertz CT molecular complexity index is 889. The van der Waals surface area contributed by atoms with Gasteiger partial charge >= 0.3 is 5.97 Å². The van der Waals surface area contributed by atoms with Crippen LogP contribution in [-0.2, 0) is 4.74 Å². The molecule has 3 aromatic rings. The van der Waals surface area contributed by atoms with Crippen LogP contribution in [0.15, 0.2) is 53.2 Å². The summed E-state index contributed by atoms with van der Waals surface area (Å²) in [6, 6.07) is 14.5. The van der Waals surface area contributed by atoms with Crippen LogP contribution in [-0.4, -0.2) is 23.4 Å². The van der Waals surface area contributed by atoms with Crippen molar-refractivity contribution in [3.05, 3.63) is 59.7 Å². The van der Waals surface area contributed by atoms with Gasteiger partial charge in [-0.2, -0.15) is 0 Å². The highest BCUT2D eigenvalue weighted by molar-refractivity contribution is 5.94. The number of nitrogens with zero attached hydrogens (tertiary/aromatic N) is 2. The van der Waals surface area contributed by atoms with E-state index in [-0.39, 0.29) is 5.97 Å². The van der Waals surface area contributed by atoms with Gasteiger partial charge in [-0.25, -0.2) is 9.42 Å². The maximum absolute atomic E-state index is 11.9. The van der Waals surface area contributed by atoms with E-state index in [2.05, 4.69) is 15.6 Å². The van der Waals surface area contributed by atoms with Crippen molar-refractivity contribution in [2.24, 2.45) is 0 Å². The molecule has 1 aliphatic heterocycles. The van der Waals surface area contributed by atoms with Gasteiger partial charge in [0.25, 0.3) is 0 Å². The number of anilines is 1. The van der Waals surface area contributed by atoms with Gasteiger partial charge in [0, 0.05) is 11.1 Å². The SMILES string of the molecule is COc1ccc(-c2nonc2NC2OC(=O)c3ccccc32)cc1. The molecule has 1 N–H and O–H groups in total. The molecule has 0 radical (unpaired) electrons. The molecule has 0 saturated carbocycles. The van der Waals surface area contributed by atoms with Crippen molar-refractivity contribution in [1.82, 2.24) is 10.3 Å². The Morgan fingerprint density at radius 1 is 1.08 bits per heavy atom. The highest BCUT2D eigenvalue weighted by atomic mass is 16.6. The number of nitrogens with one attached hydrogen (secondary N) is 1. The van der Waals surface area contributed by atoms with Gasteiger partial charge in [-0.05, 0) is 40.6 Å². The van der Waals surface area contributed by atoms with E-state index < -0.39 is 6.23 Å². The summed E-state index contributed by atoms with van der Waals surface area (Å²) in [5, 5.41) is 10.9. The lowest BCUT2D eigenvalue weighted by molar-refractivity contribution is 0.0436. The molecule has 7 heteroatoms. The number of hydrogen-bond donors (Lipinski definition) is 1. The zero-order chi connectivity index (χ0) is 16.5. The first-order chi connectivity index (χ1) is 11.8. The van der Waals surface area contributed by atoms with Crippen LogP contribution in [0.2, 0.25) is 0 Å². The van der Waals surface area contributed by atoms with Crippen LogP contribution in [0, 0.1) is 0 Å². The van der Waals surface area contributed by atoms with Gasteiger partial charge in [-0.3, -0.25) is 0 Å². The van der Waals surface area contributed by atoms with Crippen LogP contribution < -0.4 is 10.1 Å². The van der Waals surface area contributed by atoms with Crippen molar-refractivity contribution in [2.45, 2.75) is 6.23 Å². The number of methoxy groups -OCH3 is 1. The minimum absolute atomic E-state index is 0.370. The summed E-state index contributed by atoms with van der Waals surface area (Å²) in [6.45, 7) is 0. The standard InChI is InChI=1S/C17H13N3O4/c1-22-11-8-6-10(7-9-11)14-15(20-24-19-14)18-16-12-4-2-3-5-13(12)17(21)23-16/h2-9,16H,1H3,(H,18,20). The molecule has 1 atom stereocenters. The fourth-order valence-corrected chi connectivity index (χ4v) is 2.60. The van der Waals surface area contributed by atoms with Crippen LogP contribution >= 0.6 is 0 Å². The second kappa shape index (κ2) is 5.69. The van der Waals surface area contributed by atoms with Crippen molar-refractivity contribution in [3.8, 4) is 17.0 Å². The van der Waals surface area contributed by atoms with Crippen LogP contribution in [0.3, 0.4) is 0 Å². The largest absolute Gasteiger partial charge is 0.497 e. The zero-order valence-corrected chi connectivity index (χ0v) is 12.7. The van der Waals surface area contributed by atoms with E-state index in [4.69, 9.17) is 14.1 Å². The number of carbonyl (C=O) groups is 1. The Morgan fingerprint density at radius 3 is 2.67 bits per heavy atom. The third-order valence-corrected chi connectivity index (χ3v) is 3.81. The third kappa shape index (κ3) is 2.36. The maximum atomic E-state index is 11.9. The van der Waals surface area contributed by atoms with Crippen molar-refractivity contribution in [1.29, 1.82) is 0 Å². The predicted octanol–water partition coefficient (Wildman–Crippen LogP) is 3.03. The molecular formula is C17H13N3O4. The average Bonchev–Trinajstić information content (AvgIpc) is 3.21. The van der Waals surface area contributed by atoms with Gasteiger partial charge in [0.1, 0.15) is 5.75 Å². The summed E-state index contributed by atoms with van der Waals surface area (Å²) in [7, 11) is 1.60. The maximum Gasteiger partial charge on any atom is 0.340 e. The van der Waals surface area contributed by atoms with Crippen molar-refractivity contribution < 1.29 is 18.9 Å². The molecule has 2 aromatic carbocycles. The van der Waals surface area contributed by atoms with E-state index in [0.29, 0.717) is 17.1 Å². The average molecular weight is 323 g/mol. The van der Waals surface area contributed by atoms with Crippen LogP contribution in [0.1, 0.15) is 22.1 Å². The second-order valence-corrected chi connectivity index (χ2v) is 5.21. The predicted molar refractivity (Wildman–Crippen MR) is 84.5 cm³/mol. The number of carbonyl (C=O) groups excluding carboxylic acids is 1. The van der Waals surface area contributed by atoms with E-state index >= 15 is 0 Å². The van der Waals surface area contributed by atoms with E-state index in [0.717, 1.165) is 16.9 Å². The summed E-state index contributed by atoms with van der Waals surface area (Å²) in [5.41, 5.74) is 2.62. The first kappa shape index (κ1) is 14.3. The second-order valence-electron chi connectivity index (χ2n) is 5.21. The van der Waals surface area contributed by atoms with Gasteiger partial charge in [-0.1, -0.05) is 18.2 Å². The summed E-state index contributed by atoms with van der Waals surface area (Å²) in [5.74, 6) is 0.767. The normalized spacial score (nSPS) is 15.7. The molecule has 0 aliphatic carbocycles. The van der Waals surface area contributed by atoms with Crippen molar-refractivity contribution >= 4 is 11.8 Å². The zero-order valence-electron chi connectivity index (χ0n) is 12.7. The first-order valence-corrected chi connectivity index (χ1v) is 7.29. The Kier molecular flexibility index (Phi) is 3.38. The number of esters is 1. The van der Waals surface area contributed by atoms with Gasteiger partial charge in [0.05, 0.1) is 12.7 Å². The Balaban J connectivity index is 1.63. The Hall–Kier alpha value is -3.35. The molecule has 4 rings (SSSR count). The van der Waals surface area contributed by atoms with Gasteiger partial charge in [0.2, 0.25) is 12.0 Å². The van der Waals surface area contributed by atoms with Crippen LogP contribution in [0.25, 0.3) is 11.3 Å². The molecular weight excluding hydrogens is 310 g/mol. The third-order valence-electron chi connectivity index (χ3n) is 3.81. The minimum Gasteiger partial charge on any atom is -0.497 e. The number of fused-ring (bicyclic) bond motifs is 1. The molecule has 2 heterocycles. The summed E-state index contributed by atoms with van der Waals surface area (Å²) >= 11 is 0. The monoisotopic (exact) mass is 323 g/mol. The molecule has 0 fully saturated rings. The first-order valence-electron chi connectivity index (χ1n) is 7.29. The molecule has 0 amide bonds. The van der Waals surface area contributed by atoms with Gasteiger partial charge in [-0.15, -0.1) is 0 Å². The van der Waals surface area contributed by atoms with Gasteiger partial charge in [0.15, 0.2) is 5.69 Å². The topological polar surface area (TPSA) is 86.5 Å². The number of benzene rings is 2. The number of aromatic nitrogens is 2. The molecule has 120 valence electrons.